The average Bonchev–Trinajstić information content (AvgIpc) is 2.97. The Hall–Kier alpha value is -1.82. The second-order valence-corrected chi connectivity index (χ2v) is 6.41. The summed E-state index contributed by atoms with van der Waals surface area (Å²) >= 11 is 1.51. The summed E-state index contributed by atoms with van der Waals surface area (Å²) in [6, 6.07) is 3.92. The number of nitrogens with zero attached hydrogens (tertiary/aromatic N) is 2. The van der Waals surface area contributed by atoms with Gasteiger partial charge in [-0.2, -0.15) is 4.99 Å². The van der Waals surface area contributed by atoms with Crippen molar-refractivity contribution < 1.29 is 14.3 Å². The van der Waals surface area contributed by atoms with Crippen molar-refractivity contribution in [2.75, 3.05) is 6.79 Å². The van der Waals surface area contributed by atoms with Crippen LogP contribution in [0.1, 0.15) is 27.2 Å². The highest BCUT2D eigenvalue weighted by Crippen LogP contribution is 2.36. The lowest BCUT2D eigenvalue weighted by Crippen LogP contribution is -2.16. The van der Waals surface area contributed by atoms with Crippen LogP contribution in [0.25, 0.3) is 10.2 Å². The number of thiazole rings is 1. The lowest BCUT2D eigenvalue weighted by Gasteiger charge is -2.02. The summed E-state index contributed by atoms with van der Waals surface area (Å²) in [5.41, 5.74) is 1.03. The summed E-state index contributed by atoms with van der Waals surface area (Å²) in [5, 5.41) is 0. The molecule has 0 bridgehead atoms. The van der Waals surface area contributed by atoms with Gasteiger partial charge in [0.05, 0.1) is 10.2 Å². The van der Waals surface area contributed by atoms with E-state index < -0.39 is 0 Å². The number of aryl methyl sites for hydroxylation is 1. The van der Waals surface area contributed by atoms with Crippen LogP contribution in [0.4, 0.5) is 0 Å². The van der Waals surface area contributed by atoms with Gasteiger partial charge in [0, 0.05) is 25.1 Å². The number of ether oxygens (including phenoxy) is 2. The van der Waals surface area contributed by atoms with E-state index in [0.29, 0.717) is 12.3 Å². The Labute approximate surface area is 126 Å². The molecule has 2 heterocycles. The van der Waals surface area contributed by atoms with Crippen molar-refractivity contribution in [1.29, 1.82) is 0 Å². The summed E-state index contributed by atoms with van der Waals surface area (Å²) in [6.45, 7) is 7.11. The van der Waals surface area contributed by atoms with Crippen molar-refractivity contribution in [3.8, 4) is 11.5 Å². The van der Waals surface area contributed by atoms with E-state index in [1.54, 1.807) is 0 Å². The first kappa shape index (κ1) is 14.1. The smallest absolute Gasteiger partial charge is 0.248 e. The third-order valence-corrected chi connectivity index (χ3v) is 4.34. The fourth-order valence-electron chi connectivity index (χ4n) is 2.35. The number of fused-ring (bicyclic) bond motifs is 2. The highest BCUT2D eigenvalue weighted by molar-refractivity contribution is 7.16. The quantitative estimate of drug-likeness (QED) is 0.876. The van der Waals surface area contributed by atoms with Crippen LogP contribution >= 0.6 is 11.3 Å². The van der Waals surface area contributed by atoms with Gasteiger partial charge in [-0.05, 0) is 12.8 Å². The summed E-state index contributed by atoms with van der Waals surface area (Å²) in [5.74, 6) is 1.75. The fourth-order valence-corrected chi connectivity index (χ4v) is 3.47. The third kappa shape index (κ3) is 2.68. The predicted octanol–water partition coefficient (Wildman–Crippen LogP) is 2.92. The van der Waals surface area contributed by atoms with Crippen LogP contribution in [-0.2, 0) is 11.3 Å². The maximum Gasteiger partial charge on any atom is 0.248 e. The van der Waals surface area contributed by atoms with Crippen LogP contribution in [-0.4, -0.2) is 17.3 Å². The highest BCUT2D eigenvalue weighted by Gasteiger charge is 2.17. The average molecular weight is 306 g/mol. The van der Waals surface area contributed by atoms with Crippen LogP contribution in [0, 0.1) is 5.92 Å². The van der Waals surface area contributed by atoms with Crippen molar-refractivity contribution in [3.63, 3.8) is 0 Å². The second-order valence-electron chi connectivity index (χ2n) is 5.41. The minimum absolute atomic E-state index is 0.0706. The number of amides is 1. The first-order chi connectivity index (χ1) is 10.1. The zero-order valence-electron chi connectivity index (χ0n) is 12.4. The van der Waals surface area contributed by atoms with Crippen LogP contribution in [0.3, 0.4) is 0 Å². The normalized spacial score (nSPS) is 14.4. The Balaban J connectivity index is 2.11. The zero-order chi connectivity index (χ0) is 15.0. The molecule has 112 valence electrons. The van der Waals surface area contributed by atoms with Crippen molar-refractivity contribution in [2.24, 2.45) is 10.9 Å². The van der Waals surface area contributed by atoms with Crippen molar-refractivity contribution in [2.45, 2.75) is 33.7 Å². The number of benzene rings is 1. The largest absolute Gasteiger partial charge is 0.454 e. The molecular weight excluding hydrogens is 288 g/mol. The minimum atomic E-state index is -0.0706. The molecular formula is C15H18N2O3S. The minimum Gasteiger partial charge on any atom is -0.454 e. The number of aromatic nitrogens is 1. The Morgan fingerprint density at radius 2 is 2.10 bits per heavy atom. The molecule has 1 aliphatic rings. The van der Waals surface area contributed by atoms with Crippen LogP contribution in [0.5, 0.6) is 11.5 Å². The van der Waals surface area contributed by atoms with E-state index in [4.69, 9.17) is 9.47 Å². The molecule has 1 amide bonds. The summed E-state index contributed by atoms with van der Waals surface area (Å²) < 4.78 is 13.9. The van der Waals surface area contributed by atoms with Crippen LogP contribution in [0.15, 0.2) is 17.1 Å². The maximum absolute atomic E-state index is 11.9. The van der Waals surface area contributed by atoms with Crippen molar-refractivity contribution in [1.82, 2.24) is 4.57 Å². The molecule has 0 fully saturated rings. The predicted molar refractivity (Wildman–Crippen MR) is 81.6 cm³/mol. The number of hydrogen-bond acceptors (Lipinski definition) is 4. The van der Waals surface area contributed by atoms with Gasteiger partial charge >= 0.3 is 0 Å². The van der Waals surface area contributed by atoms with E-state index in [1.807, 2.05) is 37.5 Å². The van der Waals surface area contributed by atoms with Gasteiger partial charge < -0.3 is 14.0 Å². The number of hydrogen-bond donors (Lipinski definition) is 0. The van der Waals surface area contributed by atoms with Gasteiger partial charge in [-0.15, -0.1) is 0 Å². The monoisotopic (exact) mass is 306 g/mol. The van der Waals surface area contributed by atoms with E-state index in [2.05, 4.69) is 4.99 Å². The molecule has 1 aliphatic heterocycles. The van der Waals surface area contributed by atoms with E-state index in [-0.39, 0.29) is 12.7 Å². The molecule has 5 nitrogen and oxygen atoms in total. The third-order valence-electron chi connectivity index (χ3n) is 3.30. The zero-order valence-corrected chi connectivity index (χ0v) is 13.2. The molecule has 0 aliphatic carbocycles. The van der Waals surface area contributed by atoms with Crippen LogP contribution < -0.4 is 14.3 Å². The fraction of sp³-hybridized carbons (Fsp3) is 0.467. The van der Waals surface area contributed by atoms with Crippen LogP contribution in [0.2, 0.25) is 0 Å². The Morgan fingerprint density at radius 3 is 2.76 bits per heavy atom. The molecule has 0 N–H and O–H groups in total. The van der Waals surface area contributed by atoms with Crippen molar-refractivity contribution in [3.05, 3.63) is 16.9 Å². The van der Waals surface area contributed by atoms with Gasteiger partial charge in [-0.25, -0.2) is 0 Å². The van der Waals surface area contributed by atoms with Gasteiger partial charge in [-0.3, -0.25) is 4.79 Å². The highest BCUT2D eigenvalue weighted by atomic mass is 32.1. The molecule has 3 rings (SSSR count). The Bertz CT molecular complexity index is 758. The first-order valence-corrected chi connectivity index (χ1v) is 7.90. The molecule has 1 aromatic heterocycles. The molecule has 0 atom stereocenters. The number of carbonyl (C=O) groups is 1. The molecule has 0 spiro atoms. The lowest BCUT2D eigenvalue weighted by atomic mass is 10.1. The van der Waals surface area contributed by atoms with Gasteiger partial charge in [0.2, 0.25) is 12.7 Å². The molecule has 2 aromatic rings. The molecule has 21 heavy (non-hydrogen) atoms. The van der Waals surface area contributed by atoms with Gasteiger partial charge in [0.1, 0.15) is 0 Å². The summed E-state index contributed by atoms with van der Waals surface area (Å²) in [7, 11) is 0. The maximum atomic E-state index is 11.9. The number of carbonyl (C=O) groups excluding carboxylic acids is 1. The van der Waals surface area contributed by atoms with E-state index in [0.717, 1.165) is 33.1 Å². The van der Waals surface area contributed by atoms with E-state index in [9.17, 15) is 4.79 Å². The van der Waals surface area contributed by atoms with Gasteiger partial charge in [0.15, 0.2) is 16.3 Å². The lowest BCUT2D eigenvalue weighted by molar-refractivity contribution is -0.118. The first-order valence-electron chi connectivity index (χ1n) is 7.09. The van der Waals surface area contributed by atoms with Gasteiger partial charge in [0.25, 0.3) is 0 Å². The van der Waals surface area contributed by atoms with E-state index in [1.165, 1.54) is 11.3 Å². The SMILES string of the molecule is CCn1c(=NC(=O)CC(C)C)sc2cc3c(cc21)OCO3. The molecule has 0 saturated carbocycles. The van der Waals surface area contributed by atoms with Crippen molar-refractivity contribution >= 4 is 27.5 Å². The Kier molecular flexibility index (Phi) is 3.71. The Morgan fingerprint density at radius 1 is 1.38 bits per heavy atom. The standard InChI is InChI=1S/C15H18N2O3S/c1-4-17-10-6-11-12(20-8-19-11)7-13(10)21-15(17)16-14(18)5-9(2)3/h6-7,9H,4-5,8H2,1-3H3. The van der Waals surface area contributed by atoms with E-state index >= 15 is 0 Å². The topological polar surface area (TPSA) is 52.8 Å². The molecule has 0 unspecified atom stereocenters. The molecule has 0 saturated heterocycles. The number of rotatable bonds is 3. The summed E-state index contributed by atoms with van der Waals surface area (Å²) in [4.78, 5) is 17.0. The molecule has 1 aromatic carbocycles. The molecule has 6 heteroatoms. The van der Waals surface area contributed by atoms with Gasteiger partial charge in [-0.1, -0.05) is 25.2 Å². The molecule has 0 radical (unpaired) electrons. The summed E-state index contributed by atoms with van der Waals surface area (Å²) in [6.07, 6.45) is 0.473. The second kappa shape index (κ2) is 5.52.